The van der Waals surface area contributed by atoms with E-state index in [2.05, 4.69) is 20.9 Å². The zero-order valence-corrected chi connectivity index (χ0v) is 15.0. The second kappa shape index (κ2) is 11.7. The van der Waals surface area contributed by atoms with Gasteiger partial charge in [-0.25, -0.2) is 0 Å². The molecule has 1 aromatic heterocycles. The maximum Gasteiger partial charge on any atom is 0.251 e. The van der Waals surface area contributed by atoms with Crippen molar-refractivity contribution in [2.24, 2.45) is 4.99 Å². The molecule has 0 aliphatic heterocycles. The summed E-state index contributed by atoms with van der Waals surface area (Å²) < 4.78 is 10.7. The Morgan fingerprint density at radius 1 is 1.04 bits per heavy atom. The number of hydrogen-bond donors (Lipinski definition) is 3. The van der Waals surface area contributed by atoms with Gasteiger partial charge in [0.15, 0.2) is 5.96 Å². The lowest BCUT2D eigenvalue weighted by atomic mass is 10.2. The van der Waals surface area contributed by atoms with Crippen molar-refractivity contribution in [3.8, 4) is 0 Å². The highest BCUT2D eigenvalue weighted by Gasteiger charge is 2.03. The second-order valence-electron chi connectivity index (χ2n) is 5.53. The third-order valence-electron chi connectivity index (χ3n) is 3.54. The molecule has 7 nitrogen and oxygen atoms in total. The van der Waals surface area contributed by atoms with Crippen molar-refractivity contribution in [1.29, 1.82) is 0 Å². The van der Waals surface area contributed by atoms with Crippen LogP contribution in [0.15, 0.2) is 58.1 Å². The van der Waals surface area contributed by atoms with Gasteiger partial charge in [-0.15, -0.1) is 0 Å². The smallest absolute Gasteiger partial charge is 0.251 e. The average molecular weight is 358 g/mol. The number of furan rings is 1. The van der Waals surface area contributed by atoms with Gasteiger partial charge in [0, 0.05) is 38.9 Å². The Bertz CT molecular complexity index is 657. The van der Waals surface area contributed by atoms with Crippen molar-refractivity contribution in [2.75, 3.05) is 33.3 Å². The fraction of sp³-hybridized carbons (Fsp3) is 0.368. The predicted molar refractivity (Wildman–Crippen MR) is 101 cm³/mol. The van der Waals surface area contributed by atoms with Crippen LogP contribution < -0.4 is 16.0 Å². The number of amides is 1. The Balaban J connectivity index is 1.50. The molecule has 0 saturated carbocycles. The van der Waals surface area contributed by atoms with Crippen molar-refractivity contribution >= 4 is 11.9 Å². The third-order valence-corrected chi connectivity index (χ3v) is 3.54. The van der Waals surface area contributed by atoms with E-state index in [1.54, 1.807) is 25.4 Å². The first-order valence-electron chi connectivity index (χ1n) is 8.67. The Hall–Kier alpha value is -2.80. The Morgan fingerprint density at radius 3 is 2.54 bits per heavy atom. The summed E-state index contributed by atoms with van der Waals surface area (Å²) in [4.78, 5) is 16.1. The number of nitrogens with one attached hydrogen (secondary N) is 3. The SMILES string of the molecule is CN=C(NCCCOCc1ccco1)NCCNC(=O)c1ccccc1. The van der Waals surface area contributed by atoms with Crippen molar-refractivity contribution < 1.29 is 13.9 Å². The van der Waals surface area contributed by atoms with Crippen molar-refractivity contribution in [1.82, 2.24) is 16.0 Å². The summed E-state index contributed by atoms with van der Waals surface area (Å²) in [6, 6.07) is 12.9. The number of carbonyl (C=O) groups is 1. The highest BCUT2D eigenvalue weighted by Crippen LogP contribution is 2.01. The predicted octanol–water partition coefficient (Wildman–Crippen LogP) is 1.78. The first kappa shape index (κ1) is 19.5. The summed E-state index contributed by atoms with van der Waals surface area (Å²) in [5.41, 5.74) is 0.657. The topological polar surface area (TPSA) is 87.9 Å². The highest BCUT2D eigenvalue weighted by molar-refractivity contribution is 5.94. The van der Waals surface area contributed by atoms with Gasteiger partial charge in [0.05, 0.1) is 6.26 Å². The van der Waals surface area contributed by atoms with Crippen LogP contribution in [0, 0.1) is 0 Å². The first-order chi connectivity index (χ1) is 12.8. The summed E-state index contributed by atoms with van der Waals surface area (Å²) >= 11 is 0. The summed E-state index contributed by atoms with van der Waals surface area (Å²) in [5, 5.41) is 9.23. The molecule has 140 valence electrons. The van der Waals surface area contributed by atoms with E-state index >= 15 is 0 Å². The molecule has 0 aliphatic carbocycles. The van der Waals surface area contributed by atoms with E-state index in [0.29, 0.717) is 37.8 Å². The number of hydrogen-bond acceptors (Lipinski definition) is 4. The zero-order chi connectivity index (χ0) is 18.5. The molecule has 2 rings (SSSR count). The van der Waals surface area contributed by atoms with Crippen LogP contribution >= 0.6 is 0 Å². The molecule has 1 aromatic carbocycles. The fourth-order valence-corrected chi connectivity index (χ4v) is 2.22. The van der Waals surface area contributed by atoms with Crippen LogP contribution in [0.1, 0.15) is 22.5 Å². The maximum atomic E-state index is 11.9. The summed E-state index contributed by atoms with van der Waals surface area (Å²) in [7, 11) is 1.71. The van der Waals surface area contributed by atoms with Crippen LogP contribution in [0.2, 0.25) is 0 Å². The minimum atomic E-state index is -0.0796. The normalized spacial score (nSPS) is 11.2. The number of aliphatic imine (C=N–C) groups is 1. The van der Waals surface area contributed by atoms with Crippen molar-refractivity contribution in [2.45, 2.75) is 13.0 Å². The molecular weight excluding hydrogens is 332 g/mol. The zero-order valence-electron chi connectivity index (χ0n) is 15.0. The van der Waals surface area contributed by atoms with Gasteiger partial charge >= 0.3 is 0 Å². The van der Waals surface area contributed by atoms with Crippen LogP contribution in [-0.2, 0) is 11.3 Å². The molecule has 1 heterocycles. The van der Waals surface area contributed by atoms with Gasteiger partial charge in [0.2, 0.25) is 0 Å². The minimum Gasteiger partial charge on any atom is -0.467 e. The molecule has 1 amide bonds. The van der Waals surface area contributed by atoms with Crippen LogP contribution in [0.25, 0.3) is 0 Å². The molecule has 0 bridgehead atoms. The van der Waals surface area contributed by atoms with Gasteiger partial charge < -0.3 is 25.1 Å². The van der Waals surface area contributed by atoms with Gasteiger partial charge in [0.1, 0.15) is 12.4 Å². The first-order valence-corrected chi connectivity index (χ1v) is 8.67. The number of benzene rings is 1. The van der Waals surface area contributed by atoms with E-state index in [4.69, 9.17) is 9.15 Å². The Morgan fingerprint density at radius 2 is 1.81 bits per heavy atom. The van der Waals surface area contributed by atoms with Crippen LogP contribution in [0.4, 0.5) is 0 Å². The van der Waals surface area contributed by atoms with Crippen LogP contribution in [-0.4, -0.2) is 45.2 Å². The molecule has 0 spiro atoms. The second-order valence-corrected chi connectivity index (χ2v) is 5.53. The number of carbonyl (C=O) groups excluding carboxylic acids is 1. The van der Waals surface area contributed by atoms with E-state index in [9.17, 15) is 4.79 Å². The molecule has 3 N–H and O–H groups in total. The van der Waals surface area contributed by atoms with Crippen LogP contribution in [0.3, 0.4) is 0 Å². The van der Waals surface area contributed by atoms with Gasteiger partial charge in [-0.05, 0) is 30.7 Å². The standard InChI is InChI=1S/C19H26N4O3/c1-20-19(22-10-6-13-25-15-17-9-5-14-26-17)23-12-11-21-18(24)16-7-3-2-4-8-16/h2-5,7-9,14H,6,10-13,15H2,1H3,(H,21,24)(H2,20,22,23). The molecule has 0 aliphatic rings. The van der Waals surface area contributed by atoms with Crippen LogP contribution in [0.5, 0.6) is 0 Å². The Kier molecular flexibility index (Phi) is 8.79. The third kappa shape index (κ3) is 7.40. The molecule has 2 aromatic rings. The molecular formula is C19H26N4O3. The minimum absolute atomic E-state index is 0.0796. The Labute approximate surface area is 153 Å². The maximum absolute atomic E-state index is 11.9. The largest absolute Gasteiger partial charge is 0.467 e. The molecule has 26 heavy (non-hydrogen) atoms. The summed E-state index contributed by atoms with van der Waals surface area (Å²) in [6.07, 6.45) is 2.49. The quantitative estimate of drug-likeness (QED) is 0.342. The number of guanidine groups is 1. The number of nitrogens with zero attached hydrogens (tertiary/aromatic N) is 1. The average Bonchev–Trinajstić information content (AvgIpc) is 3.20. The number of ether oxygens (including phenoxy) is 1. The highest BCUT2D eigenvalue weighted by atomic mass is 16.5. The lowest BCUT2D eigenvalue weighted by molar-refractivity contribution is 0.0954. The summed E-state index contributed by atoms with van der Waals surface area (Å²) in [5.74, 6) is 1.45. The molecule has 0 unspecified atom stereocenters. The molecule has 0 atom stereocenters. The van der Waals surface area contributed by atoms with Gasteiger partial charge in [-0.2, -0.15) is 0 Å². The van der Waals surface area contributed by atoms with Crippen molar-refractivity contribution in [3.05, 3.63) is 60.1 Å². The van der Waals surface area contributed by atoms with Crippen molar-refractivity contribution in [3.63, 3.8) is 0 Å². The lowest BCUT2D eigenvalue weighted by Crippen LogP contribution is -2.42. The molecule has 7 heteroatoms. The van der Waals surface area contributed by atoms with Gasteiger partial charge in [-0.3, -0.25) is 9.79 Å². The van der Waals surface area contributed by atoms with E-state index < -0.39 is 0 Å². The number of rotatable bonds is 10. The van der Waals surface area contributed by atoms with Gasteiger partial charge in [-0.1, -0.05) is 18.2 Å². The summed E-state index contributed by atoms with van der Waals surface area (Å²) in [6.45, 7) is 2.97. The van der Waals surface area contributed by atoms with E-state index in [1.165, 1.54) is 0 Å². The lowest BCUT2D eigenvalue weighted by Gasteiger charge is -2.12. The fourth-order valence-electron chi connectivity index (χ4n) is 2.22. The molecule has 0 fully saturated rings. The van der Waals surface area contributed by atoms with Gasteiger partial charge in [0.25, 0.3) is 5.91 Å². The van der Waals surface area contributed by atoms with E-state index in [-0.39, 0.29) is 5.91 Å². The molecule has 0 saturated heterocycles. The van der Waals surface area contributed by atoms with E-state index in [1.807, 2.05) is 30.3 Å². The molecule has 0 radical (unpaired) electrons. The monoisotopic (exact) mass is 358 g/mol. The van der Waals surface area contributed by atoms with E-state index in [0.717, 1.165) is 18.7 Å².